The van der Waals surface area contributed by atoms with Gasteiger partial charge in [0.15, 0.2) is 6.61 Å². The maximum Gasteiger partial charge on any atom is 0.422 e. The highest BCUT2D eigenvalue weighted by Gasteiger charge is 2.54. The Labute approximate surface area is 262 Å². The molecule has 1 heterocycles. The van der Waals surface area contributed by atoms with E-state index in [1.54, 1.807) is 6.08 Å². The smallest absolute Gasteiger partial charge is 0.422 e. The molecule has 5 rings (SSSR count). The van der Waals surface area contributed by atoms with Crippen molar-refractivity contribution in [2.75, 3.05) is 19.8 Å². The van der Waals surface area contributed by atoms with Gasteiger partial charge in [-0.2, -0.15) is 13.2 Å². The number of hydrogen-bond acceptors (Lipinski definition) is 8. The molecule has 2 N–H and O–H groups in total. The molecule has 46 heavy (non-hydrogen) atoms. The van der Waals surface area contributed by atoms with Crippen molar-refractivity contribution < 1.29 is 51.6 Å². The number of esters is 2. The summed E-state index contributed by atoms with van der Waals surface area (Å²) in [6.07, 6.45) is -3.42. The van der Waals surface area contributed by atoms with E-state index < -0.39 is 54.7 Å². The number of carbonyl (C=O) groups excluding carboxylic acids is 3. The van der Waals surface area contributed by atoms with Gasteiger partial charge in [-0.25, -0.2) is 9.59 Å². The summed E-state index contributed by atoms with van der Waals surface area (Å²) in [5, 5.41) is 11.8. The molecule has 1 aliphatic heterocycles. The SMILES string of the molecule is O=C(C=Cc1ccc(C(=O)O[C@@H]2CC(C(=O)NCCO)=C[C@H]3OC(c4ccccc4)(c4ccccc4)O[C@H]32)cc1)OCC(F)(F)F. The Morgan fingerprint density at radius 3 is 2.15 bits per heavy atom. The average molecular weight is 638 g/mol. The molecule has 0 spiro atoms. The third-order valence-electron chi connectivity index (χ3n) is 7.27. The molecule has 0 unspecified atom stereocenters. The number of fused-ring (bicyclic) bond motifs is 1. The fraction of sp³-hybridized carbons (Fsp3) is 0.265. The minimum Gasteiger partial charge on any atom is -0.456 e. The molecule has 12 heteroatoms. The van der Waals surface area contributed by atoms with Crippen molar-refractivity contribution in [1.29, 1.82) is 0 Å². The highest BCUT2D eigenvalue weighted by Crippen LogP contribution is 2.47. The van der Waals surface area contributed by atoms with Crippen molar-refractivity contribution >= 4 is 23.9 Å². The van der Waals surface area contributed by atoms with Crippen LogP contribution in [0.3, 0.4) is 0 Å². The molecule has 2 aliphatic rings. The number of hydrogen-bond donors (Lipinski definition) is 2. The maximum atomic E-state index is 13.3. The number of nitrogens with one attached hydrogen (secondary N) is 1. The summed E-state index contributed by atoms with van der Waals surface area (Å²) in [4.78, 5) is 37.9. The first-order chi connectivity index (χ1) is 22.1. The number of rotatable bonds is 10. The molecule has 3 aromatic carbocycles. The van der Waals surface area contributed by atoms with Crippen molar-refractivity contribution in [3.63, 3.8) is 0 Å². The predicted molar refractivity (Wildman–Crippen MR) is 158 cm³/mol. The van der Waals surface area contributed by atoms with Gasteiger partial charge >= 0.3 is 18.1 Å². The van der Waals surface area contributed by atoms with E-state index in [9.17, 15) is 32.7 Å². The van der Waals surface area contributed by atoms with Crippen molar-refractivity contribution in [2.24, 2.45) is 0 Å². The van der Waals surface area contributed by atoms with E-state index in [-0.39, 0.29) is 25.1 Å². The minimum absolute atomic E-state index is 0.00798. The highest BCUT2D eigenvalue weighted by molar-refractivity contribution is 5.94. The summed E-state index contributed by atoms with van der Waals surface area (Å²) in [6.45, 7) is -1.92. The molecule has 1 aliphatic carbocycles. The third kappa shape index (κ3) is 7.71. The largest absolute Gasteiger partial charge is 0.456 e. The molecule has 1 saturated heterocycles. The lowest BCUT2D eigenvalue weighted by Gasteiger charge is -2.31. The number of benzene rings is 3. The zero-order valence-electron chi connectivity index (χ0n) is 24.3. The number of ether oxygens (including phenoxy) is 4. The second-order valence-electron chi connectivity index (χ2n) is 10.5. The van der Waals surface area contributed by atoms with E-state index in [4.69, 9.17) is 14.2 Å². The molecule has 1 amide bonds. The van der Waals surface area contributed by atoms with Gasteiger partial charge in [0.2, 0.25) is 11.7 Å². The lowest BCUT2D eigenvalue weighted by Crippen LogP contribution is -2.43. The number of aliphatic hydroxyl groups is 1. The molecule has 0 saturated carbocycles. The lowest BCUT2D eigenvalue weighted by atomic mass is 9.91. The molecule has 3 aromatic rings. The number of carbonyl (C=O) groups is 3. The summed E-state index contributed by atoms with van der Waals surface area (Å²) in [6, 6.07) is 24.4. The van der Waals surface area contributed by atoms with Gasteiger partial charge in [-0.3, -0.25) is 4.79 Å². The number of halogens is 3. The van der Waals surface area contributed by atoms with E-state index in [1.807, 2.05) is 60.7 Å². The topological polar surface area (TPSA) is 120 Å². The van der Waals surface area contributed by atoms with E-state index in [0.29, 0.717) is 22.3 Å². The standard InChI is InChI=1S/C34H30F3NO8/c35-33(36,37)21-43-29(40)16-13-22-11-14-23(15-12-22)32(42)44-27-19-24(31(41)38-17-18-39)20-28-30(27)46-34(45-28,25-7-3-1-4-8-25)26-9-5-2-6-10-26/h1-16,20,27-28,30,39H,17-19,21H2,(H,38,41)/t27-,28-,30+/m1/s1. The van der Waals surface area contributed by atoms with E-state index in [2.05, 4.69) is 10.1 Å². The van der Waals surface area contributed by atoms with Crippen molar-refractivity contribution in [2.45, 2.75) is 36.7 Å². The first-order valence-corrected chi connectivity index (χ1v) is 14.4. The Bertz CT molecular complexity index is 1550. The van der Waals surface area contributed by atoms with E-state index in [1.165, 1.54) is 30.3 Å². The van der Waals surface area contributed by atoms with Crippen LogP contribution in [-0.2, 0) is 34.3 Å². The number of amides is 1. The molecule has 0 bridgehead atoms. The maximum absolute atomic E-state index is 13.3. The summed E-state index contributed by atoms with van der Waals surface area (Å²) >= 11 is 0. The average Bonchev–Trinajstić information content (AvgIpc) is 3.47. The third-order valence-corrected chi connectivity index (χ3v) is 7.27. The summed E-state index contributed by atoms with van der Waals surface area (Å²) in [5.74, 6) is -3.70. The summed E-state index contributed by atoms with van der Waals surface area (Å²) < 4.78 is 60.1. The van der Waals surface area contributed by atoms with Crippen molar-refractivity contribution in [3.8, 4) is 0 Å². The second kappa shape index (κ2) is 14.1. The fourth-order valence-corrected chi connectivity index (χ4v) is 5.18. The van der Waals surface area contributed by atoms with Gasteiger partial charge in [0.05, 0.1) is 12.2 Å². The van der Waals surface area contributed by atoms with E-state index >= 15 is 0 Å². The summed E-state index contributed by atoms with van der Waals surface area (Å²) in [5.41, 5.74) is 2.26. The molecule has 0 radical (unpaired) electrons. The van der Waals surface area contributed by atoms with Crippen LogP contribution in [0.2, 0.25) is 0 Å². The second-order valence-corrected chi connectivity index (χ2v) is 10.5. The zero-order chi connectivity index (χ0) is 32.7. The van der Waals surface area contributed by atoms with Crippen LogP contribution < -0.4 is 5.32 Å². The minimum atomic E-state index is -4.64. The highest BCUT2D eigenvalue weighted by atomic mass is 19.4. The van der Waals surface area contributed by atoms with Gasteiger partial charge < -0.3 is 29.4 Å². The predicted octanol–water partition coefficient (Wildman–Crippen LogP) is 4.45. The van der Waals surface area contributed by atoms with Crippen LogP contribution in [0.5, 0.6) is 0 Å². The Balaban J connectivity index is 1.37. The molecule has 240 valence electrons. The van der Waals surface area contributed by atoms with Gasteiger partial charge in [0, 0.05) is 35.7 Å². The van der Waals surface area contributed by atoms with Crippen molar-refractivity contribution in [1.82, 2.24) is 5.32 Å². The molecule has 0 aromatic heterocycles. The molecule has 9 nitrogen and oxygen atoms in total. The Hall–Kier alpha value is -4.78. The lowest BCUT2D eigenvalue weighted by molar-refractivity contribution is -0.182. The molecular formula is C34H30F3NO8. The fourth-order valence-electron chi connectivity index (χ4n) is 5.18. The van der Waals surface area contributed by atoms with Crippen LogP contribution in [0.15, 0.2) is 103 Å². The molecular weight excluding hydrogens is 607 g/mol. The van der Waals surface area contributed by atoms with Gasteiger partial charge in [0.1, 0.15) is 18.3 Å². The monoisotopic (exact) mass is 637 g/mol. The Morgan fingerprint density at radius 2 is 1.57 bits per heavy atom. The van der Waals surface area contributed by atoms with Crippen LogP contribution in [0, 0.1) is 0 Å². The molecule has 1 fully saturated rings. The first kappa shape index (κ1) is 32.6. The van der Waals surface area contributed by atoms with Gasteiger partial charge in [-0.05, 0) is 29.8 Å². The first-order valence-electron chi connectivity index (χ1n) is 14.4. The number of aliphatic hydroxyl groups excluding tert-OH is 1. The Morgan fingerprint density at radius 1 is 0.935 bits per heavy atom. The van der Waals surface area contributed by atoms with Gasteiger partial charge in [-0.15, -0.1) is 0 Å². The quantitative estimate of drug-likeness (QED) is 0.247. The van der Waals surface area contributed by atoms with Crippen LogP contribution in [-0.4, -0.2) is 67.2 Å². The van der Waals surface area contributed by atoms with Crippen LogP contribution in [0.25, 0.3) is 6.08 Å². The van der Waals surface area contributed by atoms with E-state index in [0.717, 1.165) is 6.08 Å². The van der Waals surface area contributed by atoms with Crippen LogP contribution in [0.1, 0.15) is 33.5 Å². The summed E-state index contributed by atoms with van der Waals surface area (Å²) in [7, 11) is 0. The molecule has 3 atom stereocenters. The van der Waals surface area contributed by atoms with Crippen LogP contribution in [0.4, 0.5) is 13.2 Å². The zero-order valence-corrected chi connectivity index (χ0v) is 24.3. The van der Waals surface area contributed by atoms with Gasteiger partial charge in [-0.1, -0.05) is 72.8 Å². The normalized spacial score (nSPS) is 20.4. The Kier molecular flexibility index (Phi) is 10.0. The van der Waals surface area contributed by atoms with Gasteiger partial charge in [0.25, 0.3) is 0 Å². The van der Waals surface area contributed by atoms with Crippen molar-refractivity contribution in [3.05, 3.63) is 125 Å². The van der Waals surface area contributed by atoms with Crippen LogP contribution >= 0.6 is 0 Å². The number of alkyl halides is 3.